The fourth-order valence-corrected chi connectivity index (χ4v) is 3.21. The van der Waals surface area contributed by atoms with Crippen molar-refractivity contribution in [3.63, 3.8) is 0 Å². The number of ether oxygens (including phenoxy) is 2. The molecule has 0 fully saturated rings. The highest BCUT2D eigenvalue weighted by molar-refractivity contribution is 5.90. The Balaban J connectivity index is 0.000000151. The molecule has 0 saturated carbocycles. The molecule has 0 atom stereocenters. The molecule has 26 heavy (non-hydrogen) atoms. The van der Waals surface area contributed by atoms with Crippen LogP contribution in [0, 0.1) is 0 Å². The minimum Gasteiger partial charge on any atom is -0.462 e. The van der Waals surface area contributed by atoms with E-state index in [1.54, 1.807) is 13.1 Å². The molecule has 2 aliphatic heterocycles. The molecule has 2 aliphatic rings. The van der Waals surface area contributed by atoms with E-state index in [0.717, 1.165) is 50.2 Å². The summed E-state index contributed by atoms with van der Waals surface area (Å²) in [7, 11) is 0. The zero-order valence-corrected chi connectivity index (χ0v) is 15.2. The van der Waals surface area contributed by atoms with Gasteiger partial charge in [0.25, 0.3) is 0 Å². The van der Waals surface area contributed by atoms with Gasteiger partial charge < -0.3 is 9.47 Å². The summed E-state index contributed by atoms with van der Waals surface area (Å²) < 4.78 is 13.5. The van der Waals surface area contributed by atoms with Gasteiger partial charge in [0.05, 0.1) is 25.1 Å². The highest BCUT2D eigenvalue weighted by Crippen LogP contribution is 2.18. The molecule has 4 rings (SSSR count). The summed E-state index contributed by atoms with van der Waals surface area (Å²) in [5.74, 6) is -0.560. The molecule has 0 bridgehead atoms. The standard InChI is InChI=1S/2C9H12N2O2/c1-2-13-9(12)7-6-10-11-5-3-4-8(7)11;1-2-13-9(12)8-6-7-4-3-5-11(7)10-8/h2*6H,2-5H2,1H3. The van der Waals surface area contributed by atoms with Gasteiger partial charge in [0.2, 0.25) is 0 Å². The topological polar surface area (TPSA) is 88.2 Å². The summed E-state index contributed by atoms with van der Waals surface area (Å²) in [6.07, 6.45) is 5.77. The summed E-state index contributed by atoms with van der Waals surface area (Å²) in [6.45, 7) is 6.28. The summed E-state index contributed by atoms with van der Waals surface area (Å²) >= 11 is 0. The molecule has 2 aromatic rings. The van der Waals surface area contributed by atoms with Crippen molar-refractivity contribution < 1.29 is 19.1 Å². The number of carbonyl (C=O) groups is 2. The largest absolute Gasteiger partial charge is 0.462 e. The van der Waals surface area contributed by atoms with Gasteiger partial charge in [-0.2, -0.15) is 10.2 Å². The van der Waals surface area contributed by atoms with Crippen LogP contribution in [0.5, 0.6) is 0 Å². The molecule has 8 nitrogen and oxygen atoms in total. The van der Waals surface area contributed by atoms with Crippen molar-refractivity contribution in [1.82, 2.24) is 19.6 Å². The molecule has 0 spiro atoms. The first-order valence-electron chi connectivity index (χ1n) is 9.09. The molecule has 2 aromatic heterocycles. The Morgan fingerprint density at radius 1 is 1.04 bits per heavy atom. The van der Waals surface area contributed by atoms with Crippen LogP contribution in [0.15, 0.2) is 12.3 Å². The van der Waals surface area contributed by atoms with E-state index < -0.39 is 0 Å². The molecule has 8 heteroatoms. The van der Waals surface area contributed by atoms with Crippen LogP contribution in [0.1, 0.15) is 58.9 Å². The molecule has 0 N–H and O–H groups in total. The van der Waals surface area contributed by atoms with Crippen LogP contribution >= 0.6 is 0 Å². The summed E-state index contributed by atoms with van der Waals surface area (Å²) in [6, 6.07) is 1.82. The first-order chi connectivity index (χ1) is 12.6. The van der Waals surface area contributed by atoms with Crippen LogP contribution in [0.25, 0.3) is 0 Å². The van der Waals surface area contributed by atoms with Crippen molar-refractivity contribution in [2.24, 2.45) is 0 Å². The van der Waals surface area contributed by atoms with Crippen LogP contribution in [0.2, 0.25) is 0 Å². The summed E-state index contributed by atoms with van der Waals surface area (Å²) in [5, 5.41) is 8.27. The Morgan fingerprint density at radius 2 is 1.73 bits per heavy atom. The van der Waals surface area contributed by atoms with E-state index in [1.807, 2.05) is 22.4 Å². The van der Waals surface area contributed by atoms with Gasteiger partial charge in [-0.15, -0.1) is 0 Å². The second kappa shape index (κ2) is 8.16. The van der Waals surface area contributed by atoms with Crippen molar-refractivity contribution in [3.8, 4) is 0 Å². The van der Waals surface area contributed by atoms with Crippen LogP contribution in [0.4, 0.5) is 0 Å². The second-order valence-corrected chi connectivity index (χ2v) is 6.12. The van der Waals surface area contributed by atoms with Gasteiger partial charge in [0.1, 0.15) is 5.56 Å². The molecule has 0 radical (unpaired) electrons. The van der Waals surface area contributed by atoms with Gasteiger partial charge >= 0.3 is 11.9 Å². The molecular formula is C18H24N4O4. The molecule has 0 unspecified atom stereocenters. The van der Waals surface area contributed by atoms with Gasteiger partial charge in [-0.05, 0) is 45.6 Å². The SMILES string of the molecule is CCOC(=O)c1cc2n(n1)CCC2.CCOC(=O)c1cnn2c1CCC2. The third kappa shape index (κ3) is 3.79. The van der Waals surface area contributed by atoms with E-state index >= 15 is 0 Å². The number of esters is 2. The smallest absolute Gasteiger partial charge is 0.358 e. The quantitative estimate of drug-likeness (QED) is 0.775. The Morgan fingerprint density at radius 3 is 2.46 bits per heavy atom. The lowest BCUT2D eigenvalue weighted by atomic mass is 10.2. The van der Waals surface area contributed by atoms with Gasteiger partial charge in [-0.3, -0.25) is 9.36 Å². The van der Waals surface area contributed by atoms with Crippen molar-refractivity contribution in [1.29, 1.82) is 0 Å². The highest BCUT2D eigenvalue weighted by Gasteiger charge is 2.21. The van der Waals surface area contributed by atoms with E-state index in [4.69, 9.17) is 9.47 Å². The fraction of sp³-hybridized carbons (Fsp3) is 0.556. The van der Waals surface area contributed by atoms with E-state index in [0.29, 0.717) is 24.5 Å². The predicted molar refractivity (Wildman–Crippen MR) is 93.0 cm³/mol. The average molecular weight is 360 g/mol. The number of rotatable bonds is 4. The third-order valence-electron chi connectivity index (χ3n) is 4.38. The van der Waals surface area contributed by atoms with Crippen LogP contribution < -0.4 is 0 Å². The maximum absolute atomic E-state index is 11.4. The van der Waals surface area contributed by atoms with Gasteiger partial charge in [0.15, 0.2) is 5.69 Å². The fourth-order valence-electron chi connectivity index (χ4n) is 3.21. The van der Waals surface area contributed by atoms with Crippen LogP contribution in [-0.4, -0.2) is 44.7 Å². The van der Waals surface area contributed by atoms with Gasteiger partial charge in [0, 0.05) is 18.8 Å². The number of aromatic nitrogens is 4. The monoisotopic (exact) mass is 360 g/mol. The minimum absolute atomic E-state index is 0.245. The Hall–Kier alpha value is -2.64. The number of aryl methyl sites for hydroxylation is 3. The van der Waals surface area contributed by atoms with E-state index in [2.05, 4.69) is 10.2 Å². The molecule has 0 aromatic carbocycles. The number of hydrogen-bond donors (Lipinski definition) is 0. The average Bonchev–Trinajstić information content (AvgIpc) is 3.35. The van der Waals surface area contributed by atoms with Crippen LogP contribution in [0.3, 0.4) is 0 Å². The van der Waals surface area contributed by atoms with Crippen molar-refractivity contribution >= 4 is 11.9 Å². The first kappa shape index (κ1) is 18.2. The van der Waals surface area contributed by atoms with Crippen LogP contribution in [-0.2, 0) is 35.4 Å². The number of carbonyl (C=O) groups excluding carboxylic acids is 2. The van der Waals surface area contributed by atoms with Crippen molar-refractivity contribution in [2.45, 2.75) is 52.6 Å². The zero-order chi connectivity index (χ0) is 18.5. The predicted octanol–water partition coefficient (Wildman–Crippen LogP) is 2.01. The minimum atomic E-state index is -0.315. The molecule has 0 saturated heterocycles. The number of nitrogens with zero attached hydrogens (tertiary/aromatic N) is 4. The van der Waals surface area contributed by atoms with Crippen molar-refractivity contribution in [2.75, 3.05) is 13.2 Å². The van der Waals surface area contributed by atoms with Gasteiger partial charge in [-0.1, -0.05) is 0 Å². The number of hydrogen-bond acceptors (Lipinski definition) is 6. The lowest BCUT2D eigenvalue weighted by Crippen LogP contribution is -2.06. The van der Waals surface area contributed by atoms with E-state index in [-0.39, 0.29) is 11.9 Å². The molecule has 4 heterocycles. The normalized spacial score (nSPS) is 14.2. The zero-order valence-electron chi connectivity index (χ0n) is 15.2. The Kier molecular flexibility index (Phi) is 5.70. The maximum Gasteiger partial charge on any atom is 0.358 e. The summed E-state index contributed by atoms with van der Waals surface area (Å²) in [4.78, 5) is 22.6. The lowest BCUT2D eigenvalue weighted by molar-refractivity contribution is 0.0511. The van der Waals surface area contributed by atoms with E-state index in [1.165, 1.54) is 0 Å². The van der Waals surface area contributed by atoms with E-state index in [9.17, 15) is 9.59 Å². The molecule has 0 aliphatic carbocycles. The number of fused-ring (bicyclic) bond motifs is 2. The molecule has 140 valence electrons. The first-order valence-corrected chi connectivity index (χ1v) is 9.09. The summed E-state index contributed by atoms with van der Waals surface area (Å²) in [5.41, 5.74) is 3.25. The second-order valence-electron chi connectivity index (χ2n) is 6.12. The molecular weight excluding hydrogens is 336 g/mol. The van der Waals surface area contributed by atoms with Gasteiger partial charge in [-0.25, -0.2) is 9.59 Å². The Bertz CT molecular complexity index is 772. The third-order valence-corrected chi connectivity index (χ3v) is 4.38. The van der Waals surface area contributed by atoms with Crippen molar-refractivity contribution in [3.05, 3.63) is 34.9 Å². The highest BCUT2D eigenvalue weighted by atomic mass is 16.5. The Labute approximate surface area is 152 Å². The molecule has 0 amide bonds. The lowest BCUT2D eigenvalue weighted by Gasteiger charge is -1.99. The maximum atomic E-state index is 11.4.